The number of anilines is 1. The molecule has 3 aromatic rings. The molecule has 0 radical (unpaired) electrons. The van der Waals surface area contributed by atoms with Crippen molar-refractivity contribution in [2.24, 2.45) is 5.10 Å². The molecule has 0 spiro atoms. The SMILES string of the molecule is CN(C)c1ccc(/C=N/NC(=O)COc2ccc3cc(Br)ccc3c2Br)cc1. The number of nitrogens with zero attached hydrogens (tertiary/aromatic N) is 2. The minimum absolute atomic E-state index is 0.127. The van der Waals surface area contributed by atoms with Crippen LogP contribution in [0.5, 0.6) is 5.75 Å². The molecule has 0 atom stereocenters. The minimum Gasteiger partial charge on any atom is -0.483 e. The van der Waals surface area contributed by atoms with Gasteiger partial charge in [-0.3, -0.25) is 4.79 Å². The molecule has 0 aliphatic rings. The van der Waals surface area contributed by atoms with E-state index in [2.05, 4.69) is 42.4 Å². The van der Waals surface area contributed by atoms with Crippen LogP contribution in [0.4, 0.5) is 5.69 Å². The Morgan fingerprint density at radius 2 is 1.86 bits per heavy atom. The molecule has 3 rings (SSSR count). The summed E-state index contributed by atoms with van der Waals surface area (Å²) in [5.74, 6) is 0.275. The van der Waals surface area contributed by atoms with Crippen LogP contribution in [0.3, 0.4) is 0 Å². The van der Waals surface area contributed by atoms with Crippen LogP contribution in [-0.2, 0) is 4.79 Å². The fourth-order valence-electron chi connectivity index (χ4n) is 2.57. The molecule has 28 heavy (non-hydrogen) atoms. The second-order valence-corrected chi connectivity index (χ2v) is 8.02. The average Bonchev–Trinajstić information content (AvgIpc) is 2.68. The van der Waals surface area contributed by atoms with Gasteiger partial charge in [0, 0.05) is 24.3 Å². The highest BCUT2D eigenvalue weighted by molar-refractivity contribution is 9.11. The number of nitrogens with one attached hydrogen (secondary N) is 1. The molecule has 0 fully saturated rings. The third kappa shape index (κ3) is 5.11. The van der Waals surface area contributed by atoms with E-state index < -0.39 is 0 Å². The Morgan fingerprint density at radius 1 is 1.11 bits per heavy atom. The molecule has 0 aliphatic carbocycles. The summed E-state index contributed by atoms with van der Waals surface area (Å²) in [7, 11) is 3.96. The first-order chi connectivity index (χ1) is 13.4. The fourth-order valence-corrected chi connectivity index (χ4v) is 3.55. The molecule has 0 aliphatic heterocycles. The molecule has 144 valence electrons. The van der Waals surface area contributed by atoms with Crippen molar-refractivity contribution in [2.45, 2.75) is 0 Å². The van der Waals surface area contributed by atoms with E-state index in [1.807, 2.05) is 73.6 Å². The smallest absolute Gasteiger partial charge is 0.277 e. The normalized spacial score (nSPS) is 11.0. The molecule has 0 aromatic heterocycles. The van der Waals surface area contributed by atoms with Gasteiger partial charge < -0.3 is 9.64 Å². The molecule has 1 N–H and O–H groups in total. The number of fused-ring (bicyclic) bond motifs is 1. The zero-order valence-corrected chi connectivity index (χ0v) is 18.6. The number of benzene rings is 3. The van der Waals surface area contributed by atoms with Crippen molar-refractivity contribution in [1.29, 1.82) is 0 Å². The first kappa shape index (κ1) is 20.4. The van der Waals surface area contributed by atoms with Crippen LogP contribution in [0.15, 0.2) is 68.6 Å². The summed E-state index contributed by atoms with van der Waals surface area (Å²) in [6, 6.07) is 17.6. The predicted octanol–water partition coefficient (Wildman–Crippen LogP) is 4.96. The average molecular weight is 505 g/mol. The van der Waals surface area contributed by atoms with E-state index in [1.54, 1.807) is 6.21 Å². The Labute approximate surface area is 180 Å². The van der Waals surface area contributed by atoms with Crippen molar-refractivity contribution in [2.75, 3.05) is 25.6 Å². The lowest BCUT2D eigenvalue weighted by Gasteiger charge is -2.11. The van der Waals surface area contributed by atoms with Crippen LogP contribution in [0, 0.1) is 0 Å². The quantitative estimate of drug-likeness (QED) is 0.381. The van der Waals surface area contributed by atoms with Crippen LogP contribution in [0.1, 0.15) is 5.56 Å². The number of amides is 1. The van der Waals surface area contributed by atoms with Crippen molar-refractivity contribution >= 4 is 60.4 Å². The van der Waals surface area contributed by atoms with Crippen LogP contribution in [0.25, 0.3) is 10.8 Å². The second-order valence-electron chi connectivity index (χ2n) is 6.31. The van der Waals surface area contributed by atoms with E-state index in [0.29, 0.717) is 5.75 Å². The van der Waals surface area contributed by atoms with E-state index in [1.165, 1.54) is 0 Å². The molecule has 7 heteroatoms. The highest BCUT2D eigenvalue weighted by Crippen LogP contribution is 2.34. The lowest BCUT2D eigenvalue weighted by atomic mass is 10.1. The zero-order valence-electron chi connectivity index (χ0n) is 15.4. The number of carbonyl (C=O) groups excluding carboxylic acids is 1. The molecular weight excluding hydrogens is 486 g/mol. The molecule has 0 heterocycles. The van der Waals surface area contributed by atoms with Gasteiger partial charge in [0.2, 0.25) is 0 Å². The number of halogens is 2. The molecule has 0 saturated carbocycles. The van der Waals surface area contributed by atoms with Gasteiger partial charge in [0.15, 0.2) is 6.61 Å². The highest BCUT2D eigenvalue weighted by Gasteiger charge is 2.09. The van der Waals surface area contributed by atoms with E-state index in [0.717, 1.165) is 31.0 Å². The Morgan fingerprint density at radius 3 is 2.57 bits per heavy atom. The van der Waals surface area contributed by atoms with Gasteiger partial charge >= 0.3 is 0 Å². The Hall–Kier alpha value is -2.38. The number of carbonyl (C=O) groups is 1. The standard InChI is InChI=1S/C21H19Br2N3O2/c1-26(2)17-7-3-14(4-8-17)12-24-25-20(27)13-28-19-10-5-15-11-16(22)6-9-18(15)21(19)23/h3-12H,13H2,1-2H3,(H,25,27)/b24-12+. The molecule has 1 amide bonds. The van der Waals surface area contributed by atoms with Crippen molar-refractivity contribution in [3.05, 3.63) is 69.1 Å². The summed E-state index contributed by atoms with van der Waals surface area (Å²) < 4.78 is 7.45. The van der Waals surface area contributed by atoms with E-state index in [9.17, 15) is 4.79 Å². The van der Waals surface area contributed by atoms with Crippen LogP contribution >= 0.6 is 31.9 Å². The molecule has 5 nitrogen and oxygen atoms in total. The third-order valence-electron chi connectivity index (χ3n) is 4.05. The largest absolute Gasteiger partial charge is 0.483 e. The molecule has 0 saturated heterocycles. The van der Waals surface area contributed by atoms with Crippen LogP contribution < -0.4 is 15.1 Å². The summed E-state index contributed by atoms with van der Waals surface area (Å²) in [5, 5.41) is 6.06. The zero-order chi connectivity index (χ0) is 20.1. The van der Waals surface area contributed by atoms with Gasteiger partial charge in [-0.25, -0.2) is 5.43 Å². The summed E-state index contributed by atoms with van der Waals surface area (Å²) in [5.41, 5.74) is 4.47. The number of hydrazone groups is 1. The third-order valence-corrected chi connectivity index (χ3v) is 5.36. The van der Waals surface area contributed by atoms with Gasteiger partial charge in [0.25, 0.3) is 5.91 Å². The lowest BCUT2D eigenvalue weighted by Crippen LogP contribution is -2.24. The maximum absolute atomic E-state index is 12.0. The Balaban J connectivity index is 1.56. The first-order valence-electron chi connectivity index (χ1n) is 8.54. The number of rotatable bonds is 6. The Kier molecular flexibility index (Phi) is 6.70. The van der Waals surface area contributed by atoms with E-state index in [-0.39, 0.29) is 12.5 Å². The summed E-state index contributed by atoms with van der Waals surface area (Å²) in [6.45, 7) is -0.127. The molecule has 0 unspecified atom stereocenters. The van der Waals surface area contributed by atoms with Gasteiger partial charge in [0.1, 0.15) is 5.75 Å². The van der Waals surface area contributed by atoms with Gasteiger partial charge in [0.05, 0.1) is 10.7 Å². The highest BCUT2D eigenvalue weighted by atomic mass is 79.9. The predicted molar refractivity (Wildman–Crippen MR) is 121 cm³/mol. The molecular formula is C21H19Br2N3O2. The van der Waals surface area contributed by atoms with Crippen molar-refractivity contribution in [3.63, 3.8) is 0 Å². The summed E-state index contributed by atoms with van der Waals surface area (Å²) in [6.07, 6.45) is 1.60. The first-order valence-corrected chi connectivity index (χ1v) is 10.1. The van der Waals surface area contributed by atoms with E-state index >= 15 is 0 Å². The van der Waals surface area contributed by atoms with E-state index in [4.69, 9.17) is 4.74 Å². The summed E-state index contributed by atoms with van der Waals surface area (Å²) in [4.78, 5) is 14.0. The number of ether oxygens (including phenoxy) is 1. The van der Waals surface area contributed by atoms with Crippen LogP contribution in [0.2, 0.25) is 0 Å². The minimum atomic E-state index is -0.330. The summed E-state index contributed by atoms with van der Waals surface area (Å²) >= 11 is 7.01. The van der Waals surface area contributed by atoms with Crippen molar-refractivity contribution in [3.8, 4) is 5.75 Å². The van der Waals surface area contributed by atoms with Gasteiger partial charge in [-0.2, -0.15) is 5.10 Å². The maximum Gasteiger partial charge on any atom is 0.277 e. The number of hydrogen-bond acceptors (Lipinski definition) is 4. The topological polar surface area (TPSA) is 53.9 Å². The van der Waals surface area contributed by atoms with Gasteiger partial charge in [-0.15, -0.1) is 0 Å². The lowest BCUT2D eigenvalue weighted by molar-refractivity contribution is -0.123. The monoisotopic (exact) mass is 503 g/mol. The fraction of sp³-hybridized carbons (Fsp3) is 0.143. The van der Waals surface area contributed by atoms with Crippen molar-refractivity contribution < 1.29 is 9.53 Å². The van der Waals surface area contributed by atoms with Crippen LogP contribution in [-0.4, -0.2) is 32.8 Å². The molecule has 3 aromatic carbocycles. The molecule has 0 bridgehead atoms. The second kappa shape index (κ2) is 9.21. The van der Waals surface area contributed by atoms with Crippen molar-refractivity contribution in [1.82, 2.24) is 5.43 Å². The van der Waals surface area contributed by atoms with Gasteiger partial charge in [-0.05, 0) is 62.6 Å². The Bertz CT molecular complexity index is 1020. The number of hydrogen-bond donors (Lipinski definition) is 1. The maximum atomic E-state index is 12.0. The van der Waals surface area contributed by atoms with Gasteiger partial charge in [-0.1, -0.05) is 40.2 Å².